The van der Waals surface area contributed by atoms with E-state index in [-0.39, 0.29) is 12.1 Å². The summed E-state index contributed by atoms with van der Waals surface area (Å²) in [4.78, 5) is 18.2. The summed E-state index contributed by atoms with van der Waals surface area (Å²) in [6.07, 6.45) is -0.262. The van der Waals surface area contributed by atoms with Crippen molar-refractivity contribution in [2.75, 3.05) is 19.6 Å². The normalized spacial score (nSPS) is 20.8. The van der Waals surface area contributed by atoms with Gasteiger partial charge in [-0.1, -0.05) is 0 Å². The Labute approximate surface area is 111 Å². The van der Waals surface area contributed by atoms with E-state index in [1.807, 2.05) is 26.2 Å². The summed E-state index contributed by atoms with van der Waals surface area (Å²) in [5.74, 6) is 0. The molecule has 1 aliphatic heterocycles. The van der Waals surface area contributed by atoms with Crippen LogP contribution in [0.1, 0.15) is 32.5 Å². The molecule has 1 aromatic heterocycles. The van der Waals surface area contributed by atoms with Gasteiger partial charge < -0.3 is 10.1 Å². The molecule has 18 heavy (non-hydrogen) atoms. The highest BCUT2D eigenvalue weighted by Crippen LogP contribution is 2.24. The molecule has 1 atom stereocenters. The molecule has 0 bridgehead atoms. The van der Waals surface area contributed by atoms with Crippen molar-refractivity contribution in [3.05, 3.63) is 16.6 Å². The molecule has 0 aromatic carbocycles. The van der Waals surface area contributed by atoms with Gasteiger partial charge in [-0.15, -0.1) is 11.3 Å². The molecule has 100 valence electrons. The summed E-state index contributed by atoms with van der Waals surface area (Å²) in [5, 5.41) is 5.27. The van der Waals surface area contributed by atoms with Crippen LogP contribution < -0.4 is 5.32 Å². The number of hydrogen-bond donors (Lipinski definition) is 1. The lowest BCUT2D eigenvalue weighted by atomic mass is 10.1. The van der Waals surface area contributed by atoms with E-state index in [9.17, 15) is 4.79 Å². The smallest absolute Gasteiger partial charge is 0.410 e. The number of hydrogen-bond acceptors (Lipinski definition) is 5. The lowest BCUT2D eigenvalue weighted by Gasteiger charge is -2.36. The highest BCUT2D eigenvalue weighted by atomic mass is 32.1. The molecule has 1 aliphatic rings. The van der Waals surface area contributed by atoms with Crippen molar-refractivity contribution < 1.29 is 9.53 Å². The van der Waals surface area contributed by atoms with Gasteiger partial charge in [-0.2, -0.15) is 0 Å². The molecule has 5 nitrogen and oxygen atoms in total. The Morgan fingerprint density at radius 3 is 3.00 bits per heavy atom. The molecule has 1 saturated heterocycles. The maximum absolute atomic E-state index is 12.2. The van der Waals surface area contributed by atoms with E-state index in [0.29, 0.717) is 6.54 Å². The number of nitrogens with one attached hydrogen (secondary N) is 1. The van der Waals surface area contributed by atoms with E-state index < -0.39 is 5.60 Å². The van der Waals surface area contributed by atoms with Crippen molar-refractivity contribution in [1.29, 1.82) is 0 Å². The zero-order chi connectivity index (χ0) is 13.2. The van der Waals surface area contributed by atoms with E-state index >= 15 is 0 Å². The van der Waals surface area contributed by atoms with Crippen LogP contribution in [-0.4, -0.2) is 41.2 Å². The molecular formula is C12H19N3O2S. The largest absolute Gasteiger partial charge is 0.444 e. The number of carbonyl (C=O) groups excluding carboxylic acids is 1. The number of ether oxygens (including phenoxy) is 1. The Kier molecular flexibility index (Phi) is 3.87. The summed E-state index contributed by atoms with van der Waals surface area (Å²) < 4.78 is 5.44. The molecule has 0 saturated carbocycles. The highest BCUT2D eigenvalue weighted by Gasteiger charge is 2.32. The molecule has 1 fully saturated rings. The number of nitrogens with zero attached hydrogens (tertiary/aromatic N) is 2. The van der Waals surface area contributed by atoms with Crippen LogP contribution in [0.3, 0.4) is 0 Å². The predicted molar refractivity (Wildman–Crippen MR) is 70.7 cm³/mol. The van der Waals surface area contributed by atoms with Gasteiger partial charge in [0, 0.05) is 25.0 Å². The van der Waals surface area contributed by atoms with Crippen LogP contribution in [0.5, 0.6) is 0 Å². The van der Waals surface area contributed by atoms with Crippen LogP contribution in [0.2, 0.25) is 0 Å². The quantitative estimate of drug-likeness (QED) is 0.847. The average Bonchev–Trinajstić information content (AvgIpc) is 2.80. The Bertz CT molecular complexity index is 400. The average molecular weight is 269 g/mol. The minimum absolute atomic E-state index is 0.0279. The topological polar surface area (TPSA) is 54.5 Å². The summed E-state index contributed by atoms with van der Waals surface area (Å²) in [6, 6.07) is -0.0279. The van der Waals surface area contributed by atoms with Crippen LogP contribution in [0.25, 0.3) is 0 Å². The zero-order valence-corrected chi connectivity index (χ0v) is 11.8. The van der Waals surface area contributed by atoms with Gasteiger partial charge in [0.25, 0.3) is 0 Å². The SMILES string of the molecule is CC(C)(C)OC(=O)N1CCNCC1c1cscn1. The van der Waals surface area contributed by atoms with Gasteiger partial charge in [-0.3, -0.25) is 4.90 Å². The Balaban J connectivity index is 2.11. The van der Waals surface area contributed by atoms with Gasteiger partial charge in [0.05, 0.1) is 17.2 Å². The van der Waals surface area contributed by atoms with Gasteiger partial charge in [-0.05, 0) is 20.8 Å². The van der Waals surface area contributed by atoms with Gasteiger partial charge in [0.15, 0.2) is 0 Å². The molecule has 1 N–H and O–H groups in total. The maximum atomic E-state index is 12.2. The number of piperazine rings is 1. The fourth-order valence-corrected chi connectivity index (χ4v) is 2.49. The van der Waals surface area contributed by atoms with Crippen molar-refractivity contribution in [2.24, 2.45) is 0 Å². The number of aromatic nitrogens is 1. The predicted octanol–water partition coefficient (Wildman–Crippen LogP) is 2.02. The molecule has 1 unspecified atom stereocenters. The van der Waals surface area contributed by atoms with Gasteiger partial charge in [0.1, 0.15) is 5.60 Å². The maximum Gasteiger partial charge on any atom is 0.410 e. The summed E-state index contributed by atoms with van der Waals surface area (Å²) in [7, 11) is 0. The molecular weight excluding hydrogens is 250 g/mol. The van der Waals surface area contributed by atoms with Crippen LogP contribution >= 0.6 is 11.3 Å². The lowest BCUT2D eigenvalue weighted by molar-refractivity contribution is 0.0114. The third-order valence-corrected chi connectivity index (χ3v) is 3.27. The summed E-state index contributed by atoms with van der Waals surface area (Å²) in [6.45, 7) is 7.81. The summed E-state index contributed by atoms with van der Waals surface area (Å²) >= 11 is 1.54. The Morgan fingerprint density at radius 1 is 1.61 bits per heavy atom. The molecule has 2 heterocycles. The summed E-state index contributed by atoms with van der Waals surface area (Å²) in [5.41, 5.74) is 2.25. The molecule has 0 spiro atoms. The minimum Gasteiger partial charge on any atom is -0.444 e. The van der Waals surface area contributed by atoms with E-state index in [1.165, 1.54) is 0 Å². The van der Waals surface area contributed by atoms with Crippen molar-refractivity contribution >= 4 is 17.4 Å². The Hall–Kier alpha value is -1.14. The molecule has 1 amide bonds. The van der Waals surface area contributed by atoms with E-state index in [4.69, 9.17) is 4.74 Å². The van der Waals surface area contributed by atoms with Gasteiger partial charge in [-0.25, -0.2) is 9.78 Å². The molecule has 2 rings (SSSR count). The standard InChI is InChI=1S/C12H19N3O2S/c1-12(2,3)17-11(16)15-5-4-13-6-10(15)9-7-18-8-14-9/h7-8,10,13H,4-6H2,1-3H3. The van der Waals surface area contributed by atoms with Crippen molar-refractivity contribution in [2.45, 2.75) is 32.4 Å². The van der Waals surface area contributed by atoms with Crippen LogP contribution in [-0.2, 0) is 4.74 Å². The monoisotopic (exact) mass is 269 g/mol. The van der Waals surface area contributed by atoms with Crippen LogP contribution in [0.4, 0.5) is 4.79 Å². The van der Waals surface area contributed by atoms with E-state index in [0.717, 1.165) is 18.8 Å². The first-order valence-electron chi connectivity index (χ1n) is 6.06. The fourth-order valence-electron chi connectivity index (χ4n) is 1.89. The second-order valence-corrected chi connectivity index (χ2v) is 6.03. The number of rotatable bonds is 1. The Morgan fingerprint density at radius 2 is 2.39 bits per heavy atom. The first-order valence-corrected chi connectivity index (χ1v) is 7.00. The van der Waals surface area contributed by atoms with Gasteiger partial charge in [0.2, 0.25) is 0 Å². The van der Waals surface area contributed by atoms with Crippen molar-refractivity contribution in [1.82, 2.24) is 15.2 Å². The number of thiazole rings is 1. The van der Waals surface area contributed by atoms with Crippen molar-refractivity contribution in [3.8, 4) is 0 Å². The number of carbonyl (C=O) groups is 1. The highest BCUT2D eigenvalue weighted by molar-refractivity contribution is 7.07. The zero-order valence-electron chi connectivity index (χ0n) is 11.0. The molecule has 0 aliphatic carbocycles. The third kappa shape index (κ3) is 3.20. The minimum atomic E-state index is -0.464. The number of amides is 1. The molecule has 6 heteroatoms. The second-order valence-electron chi connectivity index (χ2n) is 5.31. The van der Waals surface area contributed by atoms with Crippen LogP contribution in [0, 0.1) is 0 Å². The fraction of sp³-hybridized carbons (Fsp3) is 0.667. The molecule has 1 aromatic rings. The first-order chi connectivity index (χ1) is 8.47. The lowest BCUT2D eigenvalue weighted by Crippen LogP contribution is -2.50. The van der Waals surface area contributed by atoms with E-state index in [2.05, 4.69) is 10.3 Å². The third-order valence-electron chi connectivity index (χ3n) is 2.66. The van der Waals surface area contributed by atoms with Gasteiger partial charge >= 0.3 is 6.09 Å². The second kappa shape index (κ2) is 5.24. The van der Waals surface area contributed by atoms with Crippen LogP contribution in [0.15, 0.2) is 10.9 Å². The molecule has 0 radical (unpaired) electrons. The van der Waals surface area contributed by atoms with Crippen molar-refractivity contribution in [3.63, 3.8) is 0 Å². The van der Waals surface area contributed by atoms with E-state index in [1.54, 1.807) is 21.7 Å². The first kappa shape index (κ1) is 13.3.